The van der Waals surface area contributed by atoms with Gasteiger partial charge in [-0.25, -0.2) is 4.98 Å². The number of fused-ring (bicyclic) bond motifs is 2. The molecule has 33 heavy (non-hydrogen) atoms. The smallest absolute Gasteiger partial charge is 0.310 e. The highest BCUT2D eigenvalue weighted by Crippen LogP contribution is 2.35. The highest BCUT2D eigenvalue weighted by Gasteiger charge is 2.39. The molecular formula is C26H31N3O4. The van der Waals surface area contributed by atoms with Crippen LogP contribution in [-0.4, -0.2) is 58.3 Å². The second-order valence-corrected chi connectivity index (χ2v) is 9.40. The Morgan fingerprint density at radius 2 is 1.88 bits per heavy atom. The maximum Gasteiger partial charge on any atom is 0.310 e. The predicted molar refractivity (Wildman–Crippen MR) is 124 cm³/mol. The number of benzene rings is 1. The minimum atomic E-state index is -0.302. The summed E-state index contributed by atoms with van der Waals surface area (Å²) in [5, 5.41) is 0.776. The third-order valence-corrected chi connectivity index (χ3v) is 7.34. The van der Waals surface area contributed by atoms with Gasteiger partial charge in [0.25, 0.3) is 11.8 Å². The Hall–Kier alpha value is -2.96. The molecule has 1 aromatic carbocycles. The van der Waals surface area contributed by atoms with Crippen LogP contribution in [0.15, 0.2) is 24.3 Å². The van der Waals surface area contributed by atoms with Gasteiger partial charge in [-0.2, -0.15) is 0 Å². The number of esters is 1. The lowest BCUT2D eigenvalue weighted by Gasteiger charge is -2.32. The molecule has 1 atom stereocenters. The van der Waals surface area contributed by atoms with Gasteiger partial charge in [-0.3, -0.25) is 14.4 Å². The summed E-state index contributed by atoms with van der Waals surface area (Å²) in [6, 6.07) is 7.78. The Morgan fingerprint density at radius 1 is 1.09 bits per heavy atom. The van der Waals surface area contributed by atoms with Crippen LogP contribution in [-0.2, 0) is 16.1 Å². The van der Waals surface area contributed by atoms with Crippen molar-refractivity contribution in [2.75, 3.05) is 19.7 Å². The molecule has 3 heterocycles. The van der Waals surface area contributed by atoms with Crippen molar-refractivity contribution in [1.29, 1.82) is 0 Å². The summed E-state index contributed by atoms with van der Waals surface area (Å²) in [5.41, 5.74) is 2.40. The lowest BCUT2D eigenvalue weighted by molar-refractivity contribution is -0.149. The number of ether oxygens (including phenoxy) is 1. The minimum Gasteiger partial charge on any atom is -0.466 e. The molecule has 1 saturated carbocycles. The first kappa shape index (κ1) is 21.9. The number of nitrogens with zero attached hydrogens (tertiary/aromatic N) is 3. The molecule has 1 saturated heterocycles. The van der Waals surface area contributed by atoms with Crippen LogP contribution in [0.5, 0.6) is 0 Å². The third-order valence-electron chi connectivity index (χ3n) is 7.34. The number of hydrogen-bond donors (Lipinski definition) is 0. The maximum atomic E-state index is 13.9. The first-order valence-electron chi connectivity index (χ1n) is 12.3. The quantitative estimate of drug-likeness (QED) is 0.661. The van der Waals surface area contributed by atoms with Crippen molar-refractivity contribution < 1.29 is 19.1 Å². The number of rotatable bonds is 4. The van der Waals surface area contributed by atoms with E-state index in [4.69, 9.17) is 9.72 Å². The normalized spacial score (nSPS) is 21.4. The van der Waals surface area contributed by atoms with Crippen LogP contribution in [0.4, 0.5) is 0 Å². The van der Waals surface area contributed by atoms with Crippen LogP contribution in [0.2, 0.25) is 0 Å². The third kappa shape index (κ3) is 3.98. The number of amides is 2. The molecule has 2 aromatic rings. The van der Waals surface area contributed by atoms with Gasteiger partial charge in [-0.1, -0.05) is 37.5 Å². The molecule has 3 aliphatic rings. The molecule has 0 spiro atoms. The van der Waals surface area contributed by atoms with Gasteiger partial charge in [0, 0.05) is 36.6 Å². The van der Waals surface area contributed by atoms with Gasteiger partial charge in [0.2, 0.25) is 0 Å². The number of likely N-dealkylation sites (tertiary alicyclic amines) is 1. The van der Waals surface area contributed by atoms with Gasteiger partial charge in [-0.15, -0.1) is 0 Å². The number of pyridine rings is 1. The SMILES string of the molecule is CCOC(=O)[C@@H]1CCCN(C(=O)c2c3c(nc4ccccc24)C(=O)N(C2CCCCC2)C3)C1. The summed E-state index contributed by atoms with van der Waals surface area (Å²) >= 11 is 0. The lowest BCUT2D eigenvalue weighted by atomic mass is 9.94. The van der Waals surface area contributed by atoms with E-state index < -0.39 is 0 Å². The van der Waals surface area contributed by atoms with Gasteiger partial charge in [0.05, 0.1) is 23.6 Å². The topological polar surface area (TPSA) is 79.8 Å². The Kier molecular flexibility index (Phi) is 6.04. The Morgan fingerprint density at radius 3 is 2.67 bits per heavy atom. The lowest BCUT2D eigenvalue weighted by Crippen LogP contribution is -2.43. The molecule has 2 aliphatic heterocycles. The number of carbonyl (C=O) groups excluding carboxylic acids is 3. The standard InChI is InChI=1S/C26H31N3O4/c1-2-33-26(32)17-9-8-14-28(15-17)24(30)22-19-12-6-7-13-21(19)27-23-20(22)16-29(25(23)31)18-10-4-3-5-11-18/h6-7,12-13,17-18H,2-5,8-11,14-16H2,1H3/t17-/m1/s1. The number of piperidine rings is 1. The summed E-state index contributed by atoms with van der Waals surface area (Å²) in [6.07, 6.45) is 6.99. The van der Waals surface area contributed by atoms with Crippen molar-refractivity contribution in [3.05, 3.63) is 41.1 Å². The van der Waals surface area contributed by atoms with Crippen LogP contribution in [0, 0.1) is 5.92 Å². The van der Waals surface area contributed by atoms with Crippen molar-refractivity contribution in [1.82, 2.24) is 14.8 Å². The molecule has 7 nitrogen and oxygen atoms in total. The molecule has 0 N–H and O–H groups in total. The predicted octanol–water partition coefficient (Wildman–Crippen LogP) is 3.94. The molecule has 0 radical (unpaired) electrons. The number of para-hydroxylation sites is 1. The zero-order chi connectivity index (χ0) is 22.9. The van der Waals surface area contributed by atoms with E-state index in [1.165, 1.54) is 6.42 Å². The summed E-state index contributed by atoms with van der Waals surface area (Å²) in [6.45, 7) is 3.52. The number of hydrogen-bond acceptors (Lipinski definition) is 5. The second kappa shape index (κ2) is 9.12. The fraction of sp³-hybridized carbons (Fsp3) is 0.538. The molecule has 2 fully saturated rings. The average Bonchev–Trinajstić information content (AvgIpc) is 3.18. The summed E-state index contributed by atoms with van der Waals surface area (Å²) in [4.78, 5) is 48.0. The van der Waals surface area contributed by atoms with Crippen molar-refractivity contribution >= 4 is 28.7 Å². The second-order valence-electron chi connectivity index (χ2n) is 9.40. The van der Waals surface area contributed by atoms with Crippen molar-refractivity contribution in [2.45, 2.75) is 64.5 Å². The summed E-state index contributed by atoms with van der Waals surface area (Å²) in [7, 11) is 0. The van der Waals surface area contributed by atoms with Crippen LogP contribution >= 0.6 is 0 Å². The average molecular weight is 450 g/mol. The zero-order valence-corrected chi connectivity index (χ0v) is 19.2. The highest BCUT2D eigenvalue weighted by molar-refractivity contribution is 6.12. The summed E-state index contributed by atoms with van der Waals surface area (Å²) in [5.74, 6) is -0.709. The largest absolute Gasteiger partial charge is 0.466 e. The van der Waals surface area contributed by atoms with E-state index >= 15 is 0 Å². The fourth-order valence-corrected chi connectivity index (χ4v) is 5.66. The van der Waals surface area contributed by atoms with Gasteiger partial charge in [0.1, 0.15) is 5.69 Å². The van der Waals surface area contributed by atoms with Gasteiger partial charge >= 0.3 is 5.97 Å². The van der Waals surface area contributed by atoms with E-state index in [9.17, 15) is 14.4 Å². The molecule has 0 unspecified atom stereocenters. The van der Waals surface area contributed by atoms with Gasteiger partial charge < -0.3 is 14.5 Å². The molecule has 2 amide bonds. The maximum absolute atomic E-state index is 13.9. The van der Waals surface area contributed by atoms with Crippen LogP contribution in [0.1, 0.15) is 78.3 Å². The molecule has 1 aromatic heterocycles. The van der Waals surface area contributed by atoms with E-state index in [0.717, 1.165) is 49.5 Å². The van der Waals surface area contributed by atoms with Gasteiger partial charge in [0.15, 0.2) is 0 Å². The van der Waals surface area contributed by atoms with Crippen molar-refractivity contribution in [3.63, 3.8) is 0 Å². The molecule has 7 heteroatoms. The van der Waals surface area contributed by atoms with E-state index in [1.54, 1.807) is 11.8 Å². The fourth-order valence-electron chi connectivity index (χ4n) is 5.66. The Balaban J connectivity index is 1.51. The first-order valence-corrected chi connectivity index (χ1v) is 12.3. The highest BCUT2D eigenvalue weighted by atomic mass is 16.5. The van der Waals surface area contributed by atoms with E-state index in [-0.39, 0.29) is 29.7 Å². The molecular weight excluding hydrogens is 418 g/mol. The Bertz CT molecular complexity index is 1090. The van der Waals surface area contributed by atoms with Gasteiger partial charge in [-0.05, 0) is 38.7 Å². The van der Waals surface area contributed by atoms with Crippen LogP contribution in [0.3, 0.4) is 0 Å². The zero-order valence-electron chi connectivity index (χ0n) is 19.2. The molecule has 0 bridgehead atoms. The van der Waals surface area contributed by atoms with Crippen LogP contribution < -0.4 is 0 Å². The van der Waals surface area contributed by atoms with Crippen LogP contribution in [0.25, 0.3) is 10.9 Å². The number of aromatic nitrogens is 1. The minimum absolute atomic E-state index is 0.0558. The first-order chi connectivity index (χ1) is 16.1. The summed E-state index contributed by atoms with van der Waals surface area (Å²) < 4.78 is 5.22. The Labute approximate surface area is 194 Å². The van der Waals surface area contributed by atoms with Crippen molar-refractivity contribution in [3.8, 4) is 0 Å². The van der Waals surface area contributed by atoms with E-state index in [2.05, 4.69) is 0 Å². The molecule has 174 valence electrons. The number of carbonyl (C=O) groups is 3. The monoisotopic (exact) mass is 449 g/mol. The molecule has 5 rings (SSSR count). The van der Waals surface area contributed by atoms with E-state index in [0.29, 0.717) is 43.0 Å². The van der Waals surface area contributed by atoms with E-state index in [1.807, 2.05) is 29.2 Å². The van der Waals surface area contributed by atoms with Crippen molar-refractivity contribution in [2.24, 2.45) is 5.92 Å². The molecule has 1 aliphatic carbocycles.